The van der Waals surface area contributed by atoms with Crippen molar-refractivity contribution in [1.82, 2.24) is 14.9 Å². The monoisotopic (exact) mass is 333 g/mol. The average Bonchev–Trinajstić information content (AvgIpc) is 3.07. The molecule has 0 aliphatic heterocycles. The van der Waals surface area contributed by atoms with Crippen molar-refractivity contribution in [3.8, 4) is 0 Å². The van der Waals surface area contributed by atoms with E-state index in [9.17, 15) is 29.8 Å². The van der Waals surface area contributed by atoms with Crippen LogP contribution in [-0.4, -0.2) is 37.3 Å². The maximum atomic E-state index is 12.1. The van der Waals surface area contributed by atoms with Gasteiger partial charge in [0.15, 0.2) is 0 Å². The lowest BCUT2D eigenvalue weighted by molar-refractivity contribution is -0.394. The van der Waals surface area contributed by atoms with Gasteiger partial charge in [-0.2, -0.15) is 0 Å². The number of amides is 1. The molecule has 0 spiro atoms. The van der Waals surface area contributed by atoms with E-state index < -0.39 is 39.1 Å². The predicted octanol–water partition coefficient (Wildman–Crippen LogP) is 1.16. The van der Waals surface area contributed by atoms with Crippen LogP contribution in [0.5, 0.6) is 0 Å². The first kappa shape index (κ1) is 16.7. The summed E-state index contributed by atoms with van der Waals surface area (Å²) >= 11 is 0. The van der Waals surface area contributed by atoms with Crippen LogP contribution in [0.1, 0.15) is 22.1 Å². The van der Waals surface area contributed by atoms with Crippen LogP contribution in [-0.2, 0) is 0 Å². The fraction of sp³-hybridized carbons (Fsp3) is 0.154. The zero-order valence-electron chi connectivity index (χ0n) is 12.3. The Labute approximate surface area is 134 Å². The number of rotatable bonds is 5. The minimum absolute atomic E-state index is 0.291. The van der Waals surface area contributed by atoms with Crippen LogP contribution in [0.15, 0.2) is 36.9 Å². The zero-order chi connectivity index (χ0) is 17.9. The van der Waals surface area contributed by atoms with E-state index in [0.717, 1.165) is 22.8 Å². The molecule has 0 aliphatic carbocycles. The fourth-order valence-electron chi connectivity index (χ4n) is 1.89. The largest absolute Gasteiger partial charge is 0.340 e. The van der Waals surface area contributed by atoms with E-state index in [-0.39, 0.29) is 5.56 Å². The summed E-state index contributed by atoms with van der Waals surface area (Å²) in [7, 11) is 0. The lowest BCUT2D eigenvalue weighted by Gasteiger charge is -2.13. The van der Waals surface area contributed by atoms with E-state index in [1.54, 1.807) is 0 Å². The summed E-state index contributed by atoms with van der Waals surface area (Å²) < 4.78 is 1.15. The number of imidazole rings is 1. The molecule has 1 atom stereocenters. The quantitative estimate of drug-likeness (QED) is 0.636. The van der Waals surface area contributed by atoms with E-state index >= 15 is 0 Å². The molecule has 2 rings (SSSR count). The van der Waals surface area contributed by atoms with Crippen molar-refractivity contribution in [2.75, 3.05) is 0 Å². The van der Waals surface area contributed by atoms with Crippen molar-refractivity contribution in [3.63, 3.8) is 0 Å². The van der Waals surface area contributed by atoms with Crippen LogP contribution >= 0.6 is 0 Å². The Morgan fingerprint density at radius 1 is 1.17 bits per heavy atom. The molecule has 1 heterocycles. The van der Waals surface area contributed by atoms with Crippen molar-refractivity contribution in [3.05, 3.63) is 62.7 Å². The maximum absolute atomic E-state index is 12.1. The number of non-ortho nitro benzene ring substituents is 2. The molecule has 11 nitrogen and oxygen atoms in total. The Morgan fingerprint density at radius 2 is 1.75 bits per heavy atom. The molecule has 124 valence electrons. The summed E-state index contributed by atoms with van der Waals surface area (Å²) in [6.07, 6.45) is 4.03. The normalized spacial score (nSPS) is 11.5. The molecule has 0 bridgehead atoms. The summed E-state index contributed by atoms with van der Waals surface area (Å²) in [5.74, 6) is -1.33. The SMILES string of the molecule is CC(NC(=O)c1cc([N+](=O)[O-])cc([N+](=O)[O-])c1)C(=O)n1ccnc1. The van der Waals surface area contributed by atoms with Gasteiger partial charge in [0, 0.05) is 24.5 Å². The Morgan fingerprint density at radius 3 is 2.21 bits per heavy atom. The van der Waals surface area contributed by atoms with Gasteiger partial charge in [-0.15, -0.1) is 0 Å². The minimum atomic E-state index is -0.968. The number of carbonyl (C=O) groups is 2. The van der Waals surface area contributed by atoms with Gasteiger partial charge in [0.2, 0.25) is 0 Å². The second kappa shape index (κ2) is 6.64. The van der Waals surface area contributed by atoms with Gasteiger partial charge in [-0.3, -0.25) is 34.4 Å². The van der Waals surface area contributed by atoms with Gasteiger partial charge in [0.05, 0.1) is 21.5 Å². The Kier molecular flexibility index (Phi) is 4.63. The minimum Gasteiger partial charge on any atom is -0.340 e. The number of nitrogens with zero attached hydrogens (tertiary/aromatic N) is 4. The van der Waals surface area contributed by atoms with Gasteiger partial charge in [-0.05, 0) is 6.92 Å². The van der Waals surface area contributed by atoms with E-state index in [4.69, 9.17) is 0 Å². The van der Waals surface area contributed by atoms with Crippen molar-refractivity contribution in [1.29, 1.82) is 0 Å². The third-order valence-corrected chi connectivity index (χ3v) is 3.06. The van der Waals surface area contributed by atoms with Crippen LogP contribution in [0.2, 0.25) is 0 Å². The fourth-order valence-corrected chi connectivity index (χ4v) is 1.89. The van der Waals surface area contributed by atoms with Crippen LogP contribution < -0.4 is 5.32 Å². The molecular formula is C13H11N5O6. The second-order valence-electron chi connectivity index (χ2n) is 4.76. The van der Waals surface area contributed by atoms with Gasteiger partial charge in [0.25, 0.3) is 23.2 Å². The standard InChI is InChI=1S/C13H11N5O6/c1-8(13(20)16-3-2-14-7-16)15-12(19)9-4-10(17(21)22)6-11(5-9)18(23)24/h2-8H,1H3,(H,15,19). The van der Waals surface area contributed by atoms with E-state index in [1.807, 2.05) is 0 Å². The Bertz CT molecular complexity index is 784. The number of hydrogen-bond acceptors (Lipinski definition) is 7. The highest BCUT2D eigenvalue weighted by atomic mass is 16.6. The third kappa shape index (κ3) is 3.58. The number of nitro benzene ring substituents is 2. The number of carbonyl (C=O) groups excluding carboxylic acids is 2. The van der Waals surface area contributed by atoms with E-state index in [2.05, 4.69) is 10.3 Å². The highest BCUT2D eigenvalue weighted by Crippen LogP contribution is 2.22. The molecular weight excluding hydrogens is 322 g/mol. The summed E-state index contributed by atoms with van der Waals surface area (Å²) in [5, 5.41) is 24.0. The van der Waals surface area contributed by atoms with Crippen LogP contribution in [0.4, 0.5) is 11.4 Å². The van der Waals surface area contributed by atoms with Crippen LogP contribution in [0.3, 0.4) is 0 Å². The molecule has 24 heavy (non-hydrogen) atoms. The molecule has 0 fully saturated rings. The molecule has 0 aliphatic rings. The molecule has 0 radical (unpaired) electrons. The molecule has 0 saturated heterocycles. The number of nitrogens with one attached hydrogen (secondary N) is 1. The third-order valence-electron chi connectivity index (χ3n) is 3.06. The molecule has 1 aromatic heterocycles. The molecule has 1 aromatic carbocycles. The van der Waals surface area contributed by atoms with Crippen molar-refractivity contribution < 1.29 is 19.4 Å². The first-order valence-corrected chi connectivity index (χ1v) is 6.56. The van der Waals surface area contributed by atoms with Crippen molar-refractivity contribution in [2.45, 2.75) is 13.0 Å². The van der Waals surface area contributed by atoms with Crippen LogP contribution in [0.25, 0.3) is 0 Å². The molecule has 11 heteroatoms. The smallest absolute Gasteiger partial charge is 0.277 e. The zero-order valence-corrected chi connectivity index (χ0v) is 12.3. The number of aromatic nitrogens is 2. The summed E-state index contributed by atoms with van der Waals surface area (Å²) in [6, 6.07) is 1.58. The van der Waals surface area contributed by atoms with E-state index in [1.165, 1.54) is 25.6 Å². The van der Waals surface area contributed by atoms with Crippen molar-refractivity contribution in [2.24, 2.45) is 0 Å². The topological polar surface area (TPSA) is 150 Å². The first-order chi connectivity index (χ1) is 11.3. The number of nitro groups is 2. The first-order valence-electron chi connectivity index (χ1n) is 6.56. The molecule has 1 N–H and O–H groups in total. The maximum Gasteiger partial charge on any atom is 0.277 e. The molecule has 1 unspecified atom stereocenters. The molecule has 1 amide bonds. The highest BCUT2D eigenvalue weighted by Gasteiger charge is 2.23. The average molecular weight is 333 g/mol. The van der Waals surface area contributed by atoms with E-state index in [0.29, 0.717) is 0 Å². The summed E-state index contributed by atoms with van der Waals surface area (Å²) in [6.45, 7) is 1.41. The van der Waals surface area contributed by atoms with Gasteiger partial charge < -0.3 is 5.32 Å². The molecule has 0 saturated carbocycles. The van der Waals surface area contributed by atoms with Gasteiger partial charge in [0.1, 0.15) is 12.4 Å². The number of benzene rings is 1. The number of hydrogen-bond donors (Lipinski definition) is 1. The lowest BCUT2D eigenvalue weighted by Crippen LogP contribution is -2.40. The molecule has 2 aromatic rings. The Balaban J connectivity index is 2.24. The lowest BCUT2D eigenvalue weighted by atomic mass is 10.1. The predicted molar refractivity (Wildman–Crippen MR) is 79.5 cm³/mol. The van der Waals surface area contributed by atoms with Gasteiger partial charge in [-0.1, -0.05) is 0 Å². The summed E-state index contributed by atoms with van der Waals surface area (Å²) in [4.78, 5) is 47.8. The summed E-state index contributed by atoms with van der Waals surface area (Å²) in [5.41, 5.74) is -1.48. The highest BCUT2D eigenvalue weighted by molar-refractivity contribution is 5.98. The van der Waals surface area contributed by atoms with Gasteiger partial charge in [-0.25, -0.2) is 4.98 Å². The van der Waals surface area contributed by atoms with Crippen molar-refractivity contribution >= 4 is 23.2 Å². The Hall–Kier alpha value is -3.63. The van der Waals surface area contributed by atoms with Gasteiger partial charge >= 0.3 is 0 Å². The van der Waals surface area contributed by atoms with Crippen LogP contribution in [0, 0.1) is 20.2 Å². The second-order valence-corrected chi connectivity index (χ2v) is 4.76.